The second kappa shape index (κ2) is 22.2. The van der Waals surface area contributed by atoms with Crippen LogP contribution in [0.15, 0.2) is 0 Å². The van der Waals surface area contributed by atoms with Crippen molar-refractivity contribution in [3.63, 3.8) is 0 Å². The van der Waals surface area contributed by atoms with E-state index in [1.807, 2.05) is 13.8 Å². The molecule has 0 unspecified atom stereocenters. The summed E-state index contributed by atoms with van der Waals surface area (Å²) in [5.41, 5.74) is 0. The molecule has 0 aliphatic carbocycles. The zero-order valence-corrected chi connectivity index (χ0v) is 18.9. The van der Waals surface area contributed by atoms with E-state index in [1.54, 1.807) is 0 Å². The Hall–Kier alpha value is -0.120. The van der Waals surface area contributed by atoms with E-state index < -0.39 is 0 Å². The van der Waals surface area contributed by atoms with E-state index in [4.69, 9.17) is 9.47 Å². The number of aliphatic hydroxyl groups is 1. The van der Waals surface area contributed by atoms with Gasteiger partial charge in [0.25, 0.3) is 0 Å². The third kappa shape index (κ3) is 22.0. The zero-order valence-electron chi connectivity index (χ0n) is 18.9. The highest BCUT2D eigenvalue weighted by atomic mass is 16.5. The van der Waals surface area contributed by atoms with Crippen molar-refractivity contribution < 1.29 is 14.6 Å². The molecule has 3 heteroatoms. The van der Waals surface area contributed by atoms with Crippen LogP contribution in [-0.2, 0) is 9.47 Å². The second-order valence-electron chi connectivity index (χ2n) is 8.37. The number of hydrogen-bond acceptors (Lipinski definition) is 3. The lowest BCUT2D eigenvalue weighted by Gasteiger charge is -2.18. The molecule has 0 saturated heterocycles. The topological polar surface area (TPSA) is 38.7 Å². The predicted molar refractivity (Wildman–Crippen MR) is 117 cm³/mol. The fourth-order valence-corrected chi connectivity index (χ4v) is 3.49. The van der Waals surface area contributed by atoms with Gasteiger partial charge in [0.05, 0.1) is 19.3 Å². The SMILES string of the molecule is CCCCCCCCCCCCCCCCCCOC[C@H](CO)OC(C)C. The van der Waals surface area contributed by atoms with Gasteiger partial charge in [-0.25, -0.2) is 0 Å². The van der Waals surface area contributed by atoms with E-state index in [0.29, 0.717) is 6.61 Å². The molecule has 0 amide bonds. The first-order valence-corrected chi connectivity index (χ1v) is 12.0. The minimum Gasteiger partial charge on any atom is -0.394 e. The maximum absolute atomic E-state index is 9.21. The van der Waals surface area contributed by atoms with Crippen molar-refractivity contribution >= 4 is 0 Å². The smallest absolute Gasteiger partial charge is 0.104 e. The van der Waals surface area contributed by atoms with Gasteiger partial charge in [0.1, 0.15) is 6.10 Å². The Kier molecular flexibility index (Phi) is 22.1. The third-order valence-electron chi connectivity index (χ3n) is 5.11. The van der Waals surface area contributed by atoms with Crippen LogP contribution >= 0.6 is 0 Å². The molecule has 0 aliphatic rings. The van der Waals surface area contributed by atoms with Gasteiger partial charge in [-0.15, -0.1) is 0 Å². The molecular weight excluding hydrogens is 336 g/mol. The Balaban J connectivity index is 3.12. The average molecular weight is 387 g/mol. The Morgan fingerprint density at radius 1 is 0.630 bits per heavy atom. The van der Waals surface area contributed by atoms with Crippen molar-refractivity contribution in [3.8, 4) is 0 Å². The molecule has 0 aromatic rings. The molecule has 0 radical (unpaired) electrons. The van der Waals surface area contributed by atoms with Gasteiger partial charge in [-0.2, -0.15) is 0 Å². The van der Waals surface area contributed by atoms with Gasteiger partial charge in [-0.3, -0.25) is 0 Å². The minimum atomic E-state index is -0.175. The summed E-state index contributed by atoms with van der Waals surface area (Å²) < 4.78 is 11.2. The Bertz CT molecular complexity index is 268. The molecular formula is C24H50O3. The third-order valence-corrected chi connectivity index (χ3v) is 5.11. The standard InChI is InChI=1S/C24H50O3/c1-4-5-6-7-8-9-10-11-12-13-14-15-16-17-18-19-20-26-22-24(21-25)27-23(2)3/h23-25H,4-22H2,1-3H3/t24-/m0/s1. The van der Waals surface area contributed by atoms with Crippen LogP contribution in [0.3, 0.4) is 0 Å². The molecule has 1 N–H and O–H groups in total. The summed E-state index contributed by atoms with van der Waals surface area (Å²) in [4.78, 5) is 0. The molecule has 164 valence electrons. The fourth-order valence-electron chi connectivity index (χ4n) is 3.49. The van der Waals surface area contributed by atoms with Crippen molar-refractivity contribution in [2.75, 3.05) is 19.8 Å². The first-order valence-electron chi connectivity index (χ1n) is 12.0. The van der Waals surface area contributed by atoms with Crippen molar-refractivity contribution in [1.29, 1.82) is 0 Å². The lowest BCUT2D eigenvalue weighted by atomic mass is 10.0. The monoisotopic (exact) mass is 386 g/mol. The minimum absolute atomic E-state index is 0.0388. The molecule has 0 fully saturated rings. The van der Waals surface area contributed by atoms with Crippen molar-refractivity contribution in [2.45, 2.75) is 136 Å². The summed E-state index contributed by atoms with van der Waals surface area (Å²) in [5.74, 6) is 0. The van der Waals surface area contributed by atoms with Crippen LogP contribution in [0.25, 0.3) is 0 Å². The van der Waals surface area contributed by atoms with Gasteiger partial charge in [-0.1, -0.05) is 103 Å². The first kappa shape index (κ1) is 26.9. The summed E-state index contributed by atoms with van der Waals surface area (Å²) in [6, 6.07) is 0. The van der Waals surface area contributed by atoms with E-state index in [-0.39, 0.29) is 18.8 Å². The van der Waals surface area contributed by atoms with Gasteiger partial charge in [0.15, 0.2) is 0 Å². The van der Waals surface area contributed by atoms with Crippen molar-refractivity contribution in [2.24, 2.45) is 0 Å². The van der Waals surface area contributed by atoms with Gasteiger partial charge in [-0.05, 0) is 20.3 Å². The number of hydrogen-bond donors (Lipinski definition) is 1. The second-order valence-corrected chi connectivity index (χ2v) is 8.37. The average Bonchev–Trinajstić information content (AvgIpc) is 2.65. The number of rotatable bonds is 22. The molecule has 0 heterocycles. The summed E-state index contributed by atoms with van der Waals surface area (Å²) in [6.45, 7) is 7.59. The summed E-state index contributed by atoms with van der Waals surface area (Å²) >= 11 is 0. The van der Waals surface area contributed by atoms with Crippen LogP contribution in [0, 0.1) is 0 Å². The van der Waals surface area contributed by atoms with E-state index in [2.05, 4.69) is 6.92 Å². The molecule has 27 heavy (non-hydrogen) atoms. The van der Waals surface area contributed by atoms with E-state index >= 15 is 0 Å². The van der Waals surface area contributed by atoms with E-state index in [9.17, 15) is 5.11 Å². The highest BCUT2D eigenvalue weighted by molar-refractivity contribution is 4.56. The lowest BCUT2D eigenvalue weighted by molar-refractivity contribution is -0.0673. The highest BCUT2D eigenvalue weighted by Gasteiger charge is 2.09. The van der Waals surface area contributed by atoms with Crippen molar-refractivity contribution in [1.82, 2.24) is 0 Å². The number of unbranched alkanes of at least 4 members (excludes halogenated alkanes) is 15. The van der Waals surface area contributed by atoms with Crippen LogP contribution in [0.5, 0.6) is 0 Å². The first-order chi connectivity index (χ1) is 13.2. The quantitative estimate of drug-likeness (QED) is 0.203. The van der Waals surface area contributed by atoms with Gasteiger partial charge in [0, 0.05) is 6.61 Å². The molecule has 3 nitrogen and oxygen atoms in total. The number of ether oxygens (including phenoxy) is 2. The molecule has 0 spiro atoms. The van der Waals surface area contributed by atoms with E-state index in [0.717, 1.165) is 13.0 Å². The maximum atomic E-state index is 9.21. The Labute approximate surface area is 170 Å². The van der Waals surface area contributed by atoms with E-state index in [1.165, 1.54) is 96.3 Å². The van der Waals surface area contributed by atoms with Crippen LogP contribution < -0.4 is 0 Å². The normalized spacial score (nSPS) is 12.8. The molecule has 0 aliphatic heterocycles. The van der Waals surface area contributed by atoms with Crippen molar-refractivity contribution in [3.05, 3.63) is 0 Å². The lowest BCUT2D eigenvalue weighted by Crippen LogP contribution is -2.27. The molecule has 0 saturated carbocycles. The molecule has 0 aromatic carbocycles. The predicted octanol–water partition coefficient (Wildman–Crippen LogP) is 7.05. The fraction of sp³-hybridized carbons (Fsp3) is 1.00. The molecule has 0 aromatic heterocycles. The highest BCUT2D eigenvalue weighted by Crippen LogP contribution is 2.13. The summed E-state index contributed by atoms with van der Waals surface area (Å²) in [5, 5.41) is 9.21. The summed E-state index contributed by atoms with van der Waals surface area (Å²) in [7, 11) is 0. The summed E-state index contributed by atoms with van der Waals surface area (Å²) in [6.07, 6.45) is 22.2. The van der Waals surface area contributed by atoms with Gasteiger partial charge >= 0.3 is 0 Å². The molecule has 0 rings (SSSR count). The zero-order chi connectivity index (χ0) is 20.0. The van der Waals surface area contributed by atoms with Crippen LogP contribution in [0.2, 0.25) is 0 Å². The van der Waals surface area contributed by atoms with Crippen LogP contribution in [-0.4, -0.2) is 37.1 Å². The Morgan fingerprint density at radius 3 is 1.41 bits per heavy atom. The van der Waals surface area contributed by atoms with Gasteiger partial charge in [0.2, 0.25) is 0 Å². The van der Waals surface area contributed by atoms with Gasteiger partial charge < -0.3 is 14.6 Å². The molecule has 1 atom stereocenters. The largest absolute Gasteiger partial charge is 0.394 e. The van der Waals surface area contributed by atoms with Crippen LogP contribution in [0.4, 0.5) is 0 Å². The Morgan fingerprint density at radius 2 is 1.04 bits per heavy atom. The molecule has 0 bridgehead atoms. The number of aliphatic hydroxyl groups excluding tert-OH is 1. The maximum Gasteiger partial charge on any atom is 0.104 e. The van der Waals surface area contributed by atoms with Crippen LogP contribution in [0.1, 0.15) is 124 Å².